The van der Waals surface area contributed by atoms with Gasteiger partial charge in [-0.15, -0.1) is 0 Å². The van der Waals surface area contributed by atoms with Crippen LogP contribution in [0.5, 0.6) is 5.75 Å². The smallest absolute Gasteiger partial charge is 0.137 e. The Hall–Kier alpha value is -2.04. The van der Waals surface area contributed by atoms with Gasteiger partial charge in [-0.25, -0.2) is 0 Å². The summed E-state index contributed by atoms with van der Waals surface area (Å²) in [5.74, 6) is 0.932. The Bertz CT molecular complexity index is 655. The molecule has 2 rings (SSSR count). The summed E-state index contributed by atoms with van der Waals surface area (Å²) in [6, 6.07) is 19.1. The summed E-state index contributed by atoms with van der Waals surface area (Å²) in [4.78, 5) is 2.37. The van der Waals surface area contributed by atoms with Gasteiger partial charge in [0.1, 0.15) is 18.9 Å². The third-order valence-corrected chi connectivity index (χ3v) is 4.24. The van der Waals surface area contributed by atoms with E-state index in [1.165, 1.54) is 11.4 Å². The molecule has 0 aromatic heterocycles. The lowest BCUT2D eigenvalue weighted by atomic mass is 10.2. The normalized spacial score (nSPS) is 12.1. The average molecular weight is 358 g/mol. The molecular formula is C22H35N3O+2. The van der Waals surface area contributed by atoms with Crippen LogP contribution in [0.3, 0.4) is 0 Å². The zero-order valence-electron chi connectivity index (χ0n) is 17.3. The topological polar surface area (TPSA) is 12.5 Å². The molecule has 4 nitrogen and oxygen atoms in total. The largest absolute Gasteiger partial charge is 0.488 e. The predicted octanol–water partition coefficient (Wildman–Crippen LogP) is 3.62. The Balaban J connectivity index is 2.10. The fourth-order valence-corrected chi connectivity index (χ4v) is 2.57. The summed E-state index contributed by atoms with van der Waals surface area (Å²) < 4.78 is 7.75. The third-order valence-electron chi connectivity index (χ3n) is 4.24. The van der Waals surface area contributed by atoms with Crippen LogP contribution in [0.4, 0.5) is 11.4 Å². The van der Waals surface area contributed by atoms with Gasteiger partial charge in [0.15, 0.2) is 0 Å². The molecule has 2 aromatic rings. The molecule has 0 unspecified atom stereocenters. The second-order valence-corrected chi connectivity index (χ2v) is 8.86. The van der Waals surface area contributed by atoms with E-state index in [0.717, 1.165) is 41.0 Å². The van der Waals surface area contributed by atoms with Crippen molar-refractivity contribution in [2.24, 2.45) is 0 Å². The highest BCUT2D eigenvalue weighted by atomic mass is 16.5. The Labute approximate surface area is 159 Å². The molecule has 0 aliphatic carbocycles. The van der Waals surface area contributed by atoms with Gasteiger partial charge >= 0.3 is 0 Å². The number of para-hydroxylation sites is 1. The van der Waals surface area contributed by atoms with Crippen molar-refractivity contribution in [2.75, 3.05) is 73.4 Å². The number of nitrogens with zero attached hydrogens (tertiary/aromatic N) is 3. The summed E-state index contributed by atoms with van der Waals surface area (Å²) >= 11 is 0. The van der Waals surface area contributed by atoms with Gasteiger partial charge in [-0.2, -0.15) is 0 Å². The first-order chi connectivity index (χ1) is 12.1. The molecule has 4 heteroatoms. The van der Waals surface area contributed by atoms with Crippen molar-refractivity contribution >= 4 is 11.4 Å². The van der Waals surface area contributed by atoms with E-state index in [9.17, 15) is 0 Å². The molecule has 0 heterocycles. The number of anilines is 2. The van der Waals surface area contributed by atoms with Gasteiger partial charge in [-0.3, -0.25) is 0 Å². The summed E-state index contributed by atoms with van der Waals surface area (Å²) in [6.45, 7) is 3.75. The van der Waals surface area contributed by atoms with Crippen molar-refractivity contribution in [3.63, 3.8) is 0 Å². The van der Waals surface area contributed by atoms with E-state index in [1.807, 2.05) is 0 Å². The van der Waals surface area contributed by atoms with Crippen molar-refractivity contribution in [2.45, 2.75) is 0 Å². The predicted molar refractivity (Wildman–Crippen MR) is 111 cm³/mol. The van der Waals surface area contributed by atoms with Crippen LogP contribution in [0.2, 0.25) is 0 Å². The number of likely N-dealkylation sites (N-methyl/N-ethyl adjacent to an activating group) is 2. The lowest BCUT2D eigenvalue weighted by Crippen LogP contribution is -2.40. The maximum absolute atomic E-state index is 5.90. The molecule has 0 spiro atoms. The maximum atomic E-state index is 5.90. The van der Waals surface area contributed by atoms with Gasteiger partial charge in [0, 0.05) is 11.4 Å². The van der Waals surface area contributed by atoms with E-state index < -0.39 is 0 Å². The zero-order valence-corrected chi connectivity index (χ0v) is 17.3. The van der Waals surface area contributed by atoms with E-state index in [4.69, 9.17) is 4.74 Å². The SMILES string of the molecule is C[N+](C)(C)CCOc1ccc(N(CC[N+](C)(C)C)c2ccccc2)cc1. The summed E-state index contributed by atoms with van der Waals surface area (Å²) in [6.07, 6.45) is 0. The molecule has 0 N–H and O–H groups in total. The van der Waals surface area contributed by atoms with Crippen LogP contribution in [0.25, 0.3) is 0 Å². The molecular weight excluding hydrogens is 322 g/mol. The monoisotopic (exact) mass is 357 g/mol. The van der Waals surface area contributed by atoms with E-state index in [-0.39, 0.29) is 0 Å². The van der Waals surface area contributed by atoms with Crippen LogP contribution in [-0.4, -0.2) is 77.5 Å². The van der Waals surface area contributed by atoms with Crippen LogP contribution in [0.15, 0.2) is 54.6 Å². The van der Waals surface area contributed by atoms with Gasteiger partial charge in [0.2, 0.25) is 0 Å². The number of ether oxygens (including phenoxy) is 1. The van der Waals surface area contributed by atoms with Crippen molar-refractivity contribution in [1.82, 2.24) is 0 Å². The van der Waals surface area contributed by atoms with E-state index >= 15 is 0 Å². The first-order valence-corrected chi connectivity index (χ1v) is 9.30. The second-order valence-electron chi connectivity index (χ2n) is 8.86. The van der Waals surface area contributed by atoms with Crippen molar-refractivity contribution < 1.29 is 13.7 Å². The number of hydrogen-bond donors (Lipinski definition) is 0. The Morgan fingerprint density at radius 2 is 1.23 bits per heavy atom. The molecule has 2 aromatic carbocycles. The van der Waals surface area contributed by atoms with Gasteiger partial charge in [-0.1, -0.05) is 18.2 Å². The van der Waals surface area contributed by atoms with Crippen LogP contribution in [-0.2, 0) is 0 Å². The average Bonchev–Trinajstić information content (AvgIpc) is 2.55. The highest BCUT2D eigenvalue weighted by molar-refractivity contribution is 5.63. The lowest BCUT2D eigenvalue weighted by molar-refractivity contribution is -0.870. The molecule has 0 bridgehead atoms. The van der Waals surface area contributed by atoms with Crippen molar-refractivity contribution in [1.29, 1.82) is 0 Å². The van der Waals surface area contributed by atoms with E-state index in [2.05, 4.69) is 102 Å². The highest BCUT2D eigenvalue weighted by Crippen LogP contribution is 2.27. The van der Waals surface area contributed by atoms with Crippen LogP contribution < -0.4 is 9.64 Å². The molecule has 142 valence electrons. The Kier molecular flexibility index (Phi) is 6.68. The summed E-state index contributed by atoms with van der Waals surface area (Å²) in [5, 5.41) is 0. The fraction of sp³-hybridized carbons (Fsp3) is 0.455. The third kappa shape index (κ3) is 7.06. The van der Waals surface area contributed by atoms with Gasteiger partial charge < -0.3 is 18.6 Å². The van der Waals surface area contributed by atoms with E-state index in [0.29, 0.717) is 0 Å². The fourth-order valence-electron chi connectivity index (χ4n) is 2.57. The number of quaternary nitrogens is 2. The van der Waals surface area contributed by atoms with Gasteiger partial charge in [0.25, 0.3) is 0 Å². The molecule has 0 fully saturated rings. The highest BCUT2D eigenvalue weighted by Gasteiger charge is 2.14. The van der Waals surface area contributed by atoms with Crippen molar-refractivity contribution in [3.8, 4) is 5.75 Å². The minimum atomic E-state index is 0.729. The Morgan fingerprint density at radius 1 is 0.692 bits per heavy atom. The van der Waals surface area contributed by atoms with Crippen LogP contribution >= 0.6 is 0 Å². The van der Waals surface area contributed by atoms with Crippen molar-refractivity contribution in [3.05, 3.63) is 54.6 Å². The van der Waals surface area contributed by atoms with Gasteiger partial charge in [0.05, 0.1) is 55.4 Å². The van der Waals surface area contributed by atoms with Gasteiger partial charge in [-0.05, 0) is 36.4 Å². The molecule has 0 radical (unpaired) electrons. The molecule has 26 heavy (non-hydrogen) atoms. The first kappa shape index (κ1) is 20.3. The summed E-state index contributed by atoms with van der Waals surface area (Å²) in [5.41, 5.74) is 2.42. The second kappa shape index (κ2) is 8.56. The number of rotatable bonds is 9. The molecule has 0 amide bonds. The summed E-state index contributed by atoms with van der Waals surface area (Å²) in [7, 11) is 13.2. The maximum Gasteiger partial charge on any atom is 0.137 e. The van der Waals surface area contributed by atoms with Crippen LogP contribution in [0.1, 0.15) is 0 Å². The lowest BCUT2D eigenvalue weighted by Gasteiger charge is -2.30. The first-order valence-electron chi connectivity index (χ1n) is 9.30. The number of benzene rings is 2. The molecule has 0 saturated carbocycles. The minimum absolute atomic E-state index is 0.729. The molecule has 0 aliphatic rings. The van der Waals surface area contributed by atoms with Crippen LogP contribution in [0, 0.1) is 0 Å². The standard InChI is InChI=1S/C22H35N3O/c1-24(2,3)17-16-23(20-10-8-7-9-11-20)21-12-14-22(15-13-21)26-19-18-25(4,5)6/h7-15H,16-19H2,1-6H3/q+2. The Morgan fingerprint density at radius 3 is 1.77 bits per heavy atom. The minimum Gasteiger partial charge on any atom is -0.488 e. The molecule has 0 aliphatic heterocycles. The number of hydrogen-bond acceptors (Lipinski definition) is 2. The molecule has 0 saturated heterocycles. The van der Waals surface area contributed by atoms with E-state index in [1.54, 1.807) is 0 Å². The quantitative estimate of drug-likeness (QED) is 0.636. The molecule has 0 atom stereocenters. The zero-order chi connectivity index (χ0) is 19.2.